The fourth-order valence-corrected chi connectivity index (χ4v) is 1.82. The van der Waals surface area contributed by atoms with Crippen LogP contribution in [0.5, 0.6) is 0 Å². The van der Waals surface area contributed by atoms with Crippen molar-refractivity contribution >= 4 is 17.2 Å². The van der Waals surface area contributed by atoms with E-state index in [0.717, 1.165) is 22.8 Å². The number of aromatic nitrogens is 2. The Labute approximate surface area is 104 Å². The molecule has 1 aromatic heterocycles. The fourth-order valence-electron chi connectivity index (χ4n) is 1.82. The van der Waals surface area contributed by atoms with Crippen LogP contribution in [0.2, 0.25) is 0 Å². The topological polar surface area (TPSA) is 42.9 Å². The van der Waals surface area contributed by atoms with Crippen molar-refractivity contribution < 1.29 is 4.79 Å². The van der Waals surface area contributed by atoms with Crippen molar-refractivity contribution in [3.63, 3.8) is 0 Å². The lowest BCUT2D eigenvalue weighted by atomic mass is 10.1. The van der Waals surface area contributed by atoms with Gasteiger partial charge in [-0.05, 0) is 6.07 Å². The molecule has 2 aromatic carbocycles. The van der Waals surface area contributed by atoms with E-state index in [9.17, 15) is 4.79 Å². The van der Waals surface area contributed by atoms with Crippen LogP contribution in [0.1, 0.15) is 10.4 Å². The van der Waals surface area contributed by atoms with Gasteiger partial charge in [0.1, 0.15) is 6.29 Å². The molecule has 86 valence electrons. The van der Waals surface area contributed by atoms with E-state index in [1.165, 1.54) is 0 Å². The summed E-state index contributed by atoms with van der Waals surface area (Å²) in [6.07, 6.45) is 2.64. The van der Waals surface area contributed by atoms with E-state index in [1.807, 2.05) is 42.6 Å². The zero-order chi connectivity index (χ0) is 12.4. The summed E-state index contributed by atoms with van der Waals surface area (Å²) >= 11 is 0. The SMILES string of the molecule is O=Cc1ccc(-c2ncc3ccccc3n2)cc1. The maximum absolute atomic E-state index is 10.6. The molecule has 0 bridgehead atoms. The van der Waals surface area contributed by atoms with Crippen LogP contribution in [-0.4, -0.2) is 16.3 Å². The highest BCUT2D eigenvalue weighted by atomic mass is 16.1. The number of benzene rings is 2. The Morgan fingerprint density at radius 1 is 0.944 bits per heavy atom. The first-order valence-corrected chi connectivity index (χ1v) is 5.64. The summed E-state index contributed by atoms with van der Waals surface area (Å²) in [5.41, 5.74) is 2.48. The third kappa shape index (κ3) is 1.86. The van der Waals surface area contributed by atoms with Gasteiger partial charge < -0.3 is 0 Å². The highest BCUT2D eigenvalue weighted by molar-refractivity contribution is 5.80. The molecule has 0 fully saturated rings. The Bertz CT molecular complexity index is 705. The number of para-hydroxylation sites is 1. The minimum atomic E-state index is 0.652. The van der Waals surface area contributed by atoms with Crippen LogP contribution in [-0.2, 0) is 0 Å². The van der Waals surface area contributed by atoms with E-state index in [2.05, 4.69) is 9.97 Å². The van der Waals surface area contributed by atoms with Crippen LogP contribution in [0.4, 0.5) is 0 Å². The molecule has 0 aliphatic carbocycles. The van der Waals surface area contributed by atoms with Crippen LogP contribution in [0, 0.1) is 0 Å². The van der Waals surface area contributed by atoms with Gasteiger partial charge in [0.25, 0.3) is 0 Å². The highest BCUT2D eigenvalue weighted by Gasteiger charge is 2.02. The summed E-state index contributed by atoms with van der Waals surface area (Å²) in [6, 6.07) is 15.1. The molecule has 0 N–H and O–H groups in total. The van der Waals surface area contributed by atoms with Gasteiger partial charge in [-0.2, -0.15) is 0 Å². The average molecular weight is 234 g/mol. The van der Waals surface area contributed by atoms with E-state index in [4.69, 9.17) is 0 Å². The maximum Gasteiger partial charge on any atom is 0.159 e. The molecule has 0 atom stereocenters. The number of rotatable bonds is 2. The molecule has 3 aromatic rings. The predicted octanol–water partition coefficient (Wildman–Crippen LogP) is 3.11. The first kappa shape index (κ1) is 10.6. The van der Waals surface area contributed by atoms with Crippen molar-refractivity contribution in [1.29, 1.82) is 0 Å². The summed E-state index contributed by atoms with van der Waals surface area (Å²) in [6.45, 7) is 0. The Hall–Kier alpha value is -2.55. The molecule has 0 unspecified atom stereocenters. The number of nitrogens with zero attached hydrogens (tertiary/aromatic N) is 2. The molecular weight excluding hydrogens is 224 g/mol. The van der Waals surface area contributed by atoms with Crippen LogP contribution in [0.25, 0.3) is 22.3 Å². The molecule has 3 rings (SSSR count). The van der Waals surface area contributed by atoms with E-state index in [1.54, 1.807) is 12.1 Å². The number of hydrogen-bond donors (Lipinski definition) is 0. The van der Waals surface area contributed by atoms with Gasteiger partial charge in [-0.1, -0.05) is 42.5 Å². The van der Waals surface area contributed by atoms with Crippen molar-refractivity contribution in [2.75, 3.05) is 0 Å². The quantitative estimate of drug-likeness (QED) is 0.640. The van der Waals surface area contributed by atoms with Crippen LogP contribution >= 0.6 is 0 Å². The molecule has 0 radical (unpaired) electrons. The lowest BCUT2D eigenvalue weighted by Crippen LogP contribution is -1.90. The average Bonchev–Trinajstić information content (AvgIpc) is 2.47. The molecule has 0 spiro atoms. The first-order chi connectivity index (χ1) is 8.86. The Morgan fingerprint density at radius 2 is 1.72 bits per heavy atom. The number of hydrogen-bond acceptors (Lipinski definition) is 3. The summed E-state index contributed by atoms with van der Waals surface area (Å²) in [7, 11) is 0. The molecule has 3 heteroatoms. The van der Waals surface area contributed by atoms with Crippen LogP contribution in [0.15, 0.2) is 54.7 Å². The molecule has 0 aliphatic heterocycles. The van der Waals surface area contributed by atoms with Gasteiger partial charge in [-0.15, -0.1) is 0 Å². The van der Waals surface area contributed by atoms with Crippen LogP contribution < -0.4 is 0 Å². The molecule has 18 heavy (non-hydrogen) atoms. The number of carbonyl (C=O) groups excluding carboxylic acids is 1. The number of carbonyl (C=O) groups is 1. The minimum Gasteiger partial charge on any atom is -0.298 e. The van der Waals surface area contributed by atoms with Crippen molar-refractivity contribution in [2.24, 2.45) is 0 Å². The minimum absolute atomic E-state index is 0.652. The lowest BCUT2D eigenvalue weighted by Gasteiger charge is -2.02. The second kappa shape index (κ2) is 4.37. The number of aldehydes is 1. The van der Waals surface area contributed by atoms with Crippen LogP contribution in [0.3, 0.4) is 0 Å². The standard InChI is InChI=1S/C15H10N2O/c18-10-11-5-7-12(8-6-11)15-16-9-13-3-1-2-4-14(13)17-15/h1-10H. The zero-order valence-electron chi connectivity index (χ0n) is 9.58. The lowest BCUT2D eigenvalue weighted by molar-refractivity contribution is 0.112. The largest absolute Gasteiger partial charge is 0.298 e. The Balaban J connectivity index is 2.10. The van der Waals surface area contributed by atoms with E-state index in [0.29, 0.717) is 11.4 Å². The second-order valence-electron chi connectivity index (χ2n) is 3.99. The summed E-state index contributed by atoms with van der Waals surface area (Å²) < 4.78 is 0. The number of fused-ring (bicyclic) bond motifs is 1. The first-order valence-electron chi connectivity index (χ1n) is 5.64. The Kier molecular flexibility index (Phi) is 2.57. The Morgan fingerprint density at radius 3 is 2.50 bits per heavy atom. The van der Waals surface area contributed by atoms with Gasteiger partial charge in [-0.3, -0.25) is 4.79 Å². The summed E-state index contributed by atoms with van der Waals surface area (Å²) in [4.78, 5) is 19.4. The molecule has 0 aliphatic rings. The van der Waals surface area contributed by atoms with E-state index < -0.39 is 0 Å². The third-order valence-corrected chi connectivity index (χ3v) is 2.79. The molecular formula is C15H10N2O. The van der Waals surface area contributed by atoms with Gasteiger partial charge in [0.2, 0.25) is 0 Å². The normalized spacial score (nSPS) is 10.4. The molecule has 1 heterocycles. The third-order valence-electron chi connectivity index (χ3n) is 2.79. The fraction of sp³-hybridized carbons (Fsp3) is 0. The van der Waals surface area contributed by atoms with Gasteiger partial charge >= 0.3 is 0 Å². The second-order valence-corrected chi connectivity index (χ2v) is 3.99. The molecule has 0 amide bonds. The molecule has 0 saturated carbocycles. The monoisotopic (exact) mass is 234 g/mol. The van der Waals surface area contributed by atoms with Crippen molar-refractivity contribution in [2.45, 2.75) is 0 Å². The van der Waals surface area contributed by atoms with Gasteiger partial charge in [0, 0.05) is 22.7 Å². The van der Waals surface area contributed by atoms with Gasteiger partial charge in [0.05, 0.1) is 5.52 Å². The van der Waals surface area contributed by atoms with Gasteiger partial charge in [0.15, 0.2) is 5.82 Å². The van der Waals surface area contributed by atoms with Gasteiger partial charge in [-0.25, -0.2) is 9.97 Å². The molecule has 0 saturated heterocycles. The van der Waals surface area contributed by atoms with E-state index in [-0.39, 0.29) is 0 Å². The highest BCUT2D eigenvalue weighted by Crippen LogP contribution is 2.18. The zero-order valence-corrected chi connectivity index (χ0v) is 9.58. The smallest absolute Gasteiger partial charge is 0.159 e. The van der Waals surface area contributed by atoms with Crippen molar-refractivity contribution in [3.05, 3.63) is 60.3 Å². The van der Waals surface area contributed by atoms with Crippen molar-refractivity contribution in [3.8, 4) is 11.4 Å². The van der Waals surface area contributed by atoms with E-state index >= 15 is 0 Å². The predicted molar refractivity (Wildman–Crippen MR) is 70.4 cm³/mol. The molecule has 3 nitrogen and oxygen atoms in total. The van der Waals surface area contributed by atoms with Crippen molar-refractivity contribution in [1.82, 2.24) is 9.97 Å². The summed E-state index contributed by atoms with van der Waals surface area (Å²) in [5.74, 6) is 0.672. The maximum atomic E-state index is 10.6. The summed E-state index contributed by atoms with van der Waals surface area (Å²) in [5, 5.41) is 1.02.